The Bertz CT molecular complexity index is 955. The zero-order valence-corrected chi connectivity index (χ0v) is 19.3. The summed E-state index contributed by atoms with van der Waals surface area (Å²) in [5, 5.41) is 2.00. The number of carbonyl (C=O) groups excluding carboxylic acids is 3. The number of benzene rings is 1. The van der Waals surface area contributed by atoms with Crippen molar-refractivity contribution < 1.29 is 23.5 Å². The maximum Gasteiger partial charge on any atom is 0.319 e. The molecule has 1 N–H and O–H groups in total. The van der Waals surface area contributed by atoms with Crippen LogP contribution in [0.2, 0.25) is 0 Å². The van der Waals surface area contributed by atoms with E-state index in [4.69, 9.17) is 4.74 Å². The predicted molar refractivity (Wildman–Crippen MR) is 123 cm³/mol. The third kappa shape index (κ3) is 7.14. The van der Waals surface area contributed by atoms with Crippen molar-refractivity contribution in [2.45, 2.75) is 25.2 Å². The Morgan fingerprint density at radius 1 is 1.09 bits per heavy atom. The summed E-state index contributed by atoms with van der Waals surface area (Å²) in [7, 11) is 0. The molecule has 2 aromatic rings. The molecule has 3 rings (SSSR count). The second-order valence-corrected chi connectivity index (χ2v) is 8.78. The number of hydrogen-bond donors (Lipinski definition) is 1. The van der Waals surface area contributed by atoms with Crippen LogP contribution in [0.1, 0.15) is 13.8 Å². The lowest BCUT2D eigenvalue weighted by atomic mass is 10.2. The zero-order valence-electron chi connectivity index (χ0n) is 18.4. The molecule has 176 valence electrons. The van der Waals surface area contributed by atoms with Gasteiger partial charge in [-0.2, -0.15) is 0 Å². The van der Waals surface area contributed by atoms with Crippen LogP contribution in [0.15, 0.2) is 42.7 Å². The summed E-state index contributed by atoms with van der Waals surface area (Å²) >= 11 is 1.10. The highest BCUT2D eigenvalue weighted by Gasteiger charge is 2.29. The van der Waals surface area contributed by atoms with Crippen LogP contribution in [0.3, 0.4) is 0 Å². The molecule has 1 saturated heterocycles. The van der Waals surface area contributed by atoms with E-state index in [0.717, 1.165) is 11.8 Å². The van der Waals surface area contributed by atoms with E-state index in [1.807, 2.05) is 4.90 Å². The number of nitrogens with zero attached hydrogens (tertiary/aromatic N) is 4. The number of nitrogens with one attached hydrogen (secondary N) is 1. The third-order valence-corrected chi connectivity index (χ3v) is 6.11. The van der Waals surface area contributed by atoms with Crippen LogP contribution < -0.4 is 10.2 Å². The minimum absolute atomic E-state index is 0.0134. The quantitative estimate of drug-likeness (QED) is 0.578. The average molecular weight is 476 g/mol. The first-order chi connectivity index (χ1) is 15.8. The van der Waals surface area contributed by atoms with E-state index in [1.165, 1.54) is 24.3 Å². The molecule has 2 amide bonds. The van der Waals surface area contributed by atoms with Gasteiger partial charge in [-0.25, -0.2) is 14.4 Å². The van der Waals surface area contributed by atoms with Crippen LogP contribution in [0.25, 0.3) is 0 Å². The van der Waals surface area contributed by atoms with Crippen LogP contribution in [0.5, 0.6) is 0 Å². The number of thioether (sulfide) groups is 1. The first-order valence-corrected chi connectivity index (χ1v) is 11.6. The van der Waals surface area contributed by atoms with Gasteiger partial charge >= 0.3 is 5.97 Å². The van der Waals surface area contributed by atoms with Gasteiger partial charge in [-0.3, -0.25) is 14.4 Å². The first-order valence-electron chi connectivity index (χ1n) is 10.5. The smallest absolute Gasteiger partial charge is 0.319 e. The molecule has 0 aliphatic carbocycles. The molecule has 2 atom stereocenters. The molecule has 1 fully saturated rings. The van der Waals surface area contributed by atoms with E-state index in [0.29, 0.717) is 37.8 Å². The summed E-state index contributed by atoms with van der Waals surface area (Å²) in [6.45, 7) is 5.30. The van der Waals surface area contributed by atoms with Crippen molar-refractivity contribution in [1.29, 1.82) is 0 Å². The standard InChI is InChI=1S/C22H26FN5O4S/c1-15(20(30)27-10-12-28(13-11-27)22-24-8-3-9-25-22)32-21(31)16(2)33-14-19(29)26-18-6-4-17(23)5-7-18/h3-9,15-16H,10-14H2,1-2H3,(H,26,29). The molecule has 1 aromatic heterocycles. The number of rotatable bonds is 8. The Morgan fingerprint density at radius 2 is 1.73 bits per heavy atom. The van der Waals surface area contributed by atoms with Gasteiger partial charge in [-0.1, -0.05) is 0 Å². The summed E-state index contributed by atoms with van der Waals surface area (Å²) in [6.07, 6.45) is 2.42. The van der Waals surface area contributed by atoms with Crippen molar-refractivity contribution in [3.05, 3.63) is 48.5 Å². The summed E-state index contributed by atoms with van der Waals surface area (Å²) in [5.41, 5.74) is 0.468. The van der Waals surface area contributed by atoms with E-state index >= 15 is 0 Å². The number of aromatic nitrogens is 2. The Labute approximate surface area is 195 Å². The van der Waals surface area contributed by atoms with Gasteiger partial charge in [-0.05, 0) is 44.2 Å². The monoisotopic (exact) mass is 475 g/mol. The van der Waals surface area contributed by atoms with Crippen molar-refractivity contribution in [3.63, 3.8) is 0 Å². The second kappa shape index (κ2) is 11.6. The molecule has 2 unspecified atom stereocenters. The minimum Gasteiger partial charge on any atom is -0.452 e. The topological polar surface area (TPSA) is 105 Å². The number of anilines is 2. The van der Waals surface area contributed by atoms with E-state index in [2.05, 4.69) is 15.3 Å². The molecule has 0 saturated carbocycles. The molecule has 2 heterocycles. The van der Waals surface area contributed by atoms with Gasteiger partial charge < -0.3 is 19.9 Å². The lowest BCUT2D eigenvalue weighted by Gasteiger charge is -2.35. The average Bonchev–Trinajstić information content (AvgIpc) is 2.84. The number of ether oxygens (including phenoxy) is 1. The number of esters is 1. The molecule has 0 radical (unpaired) electrons. The largest absolute Gasteiger partial charge is 0.452 e. The van der Waals surface area contributed by atoms with Crippen molar-refractivity contribution in [3.8, 4) is 0 Å². The van der Waals surface area contributed by atoms with Crippen LogP contribution in [0, 0.1) is 5.82 Å². The maximum absolute atomic E-state index is 12.9. The molecule has 1 aromatic carbocycles. The van der Waals surface area contributed by atoms with E-state index in [1.54, 1.807) is 37.2 Å². The maximum atomic E-state index is 12.9. The minimum atomic E-state index is -0.923. The SMILES string of the molecule is CC(OC(=O)C(C)SCC(=O)Nc1ccc(F)cc1)C(=O)N1CCN(c2ncccn2)CC1. The van der Waals surface area contributed by atoms with Gasteiger partial charge in [0.2, 0.25) is 11.9 Å². The van der Waals surface area contributed by atoms with Gasteiger partial charge in [0.1, 0.15) is 11.1 Å². The van der Waals surface area contributed by atoms with Gasteiger partial charge in [0.15, 0.2) is 6.10 Å². The highest BCUT2D eigenvalue weighted by Crippen LogP contribution is 2.16. The Hall–Kier alpha value is -3.21. The van der Waals surface area contributed by atoms with Gasteiger partial charge in [-0.15, -0.1) is 11.8 Å². The summed E-state index contributed by atoms with van der Waals surface area (Å²) < 4.78 is 18.3. The van der Waals surface area contributed by atoms with E-state index in [9.17, 15) is 18.8 Å². The molecular formula is C22H26FN5O4S. The Morgan fingerprint density at radius 3 is 2.36 bits per heavy atom. The zero-order chi connectivity index (χ0) is 23.8. The van der Waals surface area contributed by atoms with E-state index < -0.39 is 23.1 Å². The summed E-state index contributed by atoms with van der Waals surface area (Å²) in [5.74, 6) is -0.905. The lowest BCUT2D eigenvalue weighted by Crippen LogP contribution is -2.52. The molecule has 0 spiro atoms. The fourth-order valence-corrected chi connectivity index (χ4v) is 3.82. The molecule has 0 bridgehead atoms. The predicted octanol–water partition coefficient (Wildman–Crippen LogP) is 1.96. The number of halogens is 1. The highest BCUT2D eigenvalue weighted by molar-refractivity contribution is 8.01. The third-order valence-electron chi connectivity index (χ3n) is 4.99. The van der Waals surface area contributed by atoms with Crippen molar-refractivity contribution >= 4 is 41.2 Å². The second-order valence-electron chi connectivity index (χ2n) is 7.45. The first kappa shape index (κ1) is 24.4. The lowest BCUT2D eigenvalue weighted by molar-refractivity contribution is -0.158. The van der Waals surface area contributed by atoms with Crippen molar-refractivity contribution in [2.24, 2.45) is 0 Å². The molecule has 33 heavy (non-hydrogen) atoms. The normalized spacial score (nSPS) is 15.5. The van der Waals surface area contributed by atoms with Crippen molar-refractivity contribution in [2.75, 3.05) is 42.1 Å². The van der Waals surface area contributed by atoms with Gasteiger partial charge in [0.05, 0.1) is 5.75 Å². The number of carbonyl (C=O) groups is 3. The van der Waals surface area contributed by atoms with Crippen LogP contribution >= 0.6 is 11.8 Å². The van der Waals surface area contributed by atoms with Crippen LogP contribution in [0.4, 0.5) is 16.0 Å². The number of hydrogen-bond acceptors (Lipinski definition) is 8. The summed E-state index contributed by atoms with van der Waals surface area (Å²) in [4.78, 5) is 49.2. The fraction of sp³-hybridized carbons (Fsp3) is 0.409. The van der Waals surface area contributed by atoms with Crippen molar-refractivity contribution in [1.82, 2.24) is 14.9 Å². The molecule has 1 aliphatic heterocycles. The molecule has 1 aliphatic rings. The van der Waals surface area contributed by atoms with E-state index in [-0.39, 0.29) is 17.6 Å². The van der Waals surface area contributed by atoms with Crippen LogP contribution in [-0.2, 0) is 19.1 Å². The number of piperazine rings is 1. The van der Waals surface area contributed by atoms with Crippen LogP contribution in [-0.4, -0.2) is 75.9 Å². The van der Waals surface area contributed by atoms with Gasteiger partial charge in [0.25, 0.3) is 5.91 Å². The molecule has 9 nitrogen and oxygen atoms in total. The fourth-order valence-electron chi connectivity index (χ4n) is 3.16. The summed E-state index contributed by atoms with van der Waals surface area (Å²) in [6, 6.07) is 7.15. The Kier molecular flexibility index (Phi) is 8.58. The Balaban J connectivity index is 1.39. The number of amides is 2. The molecular weight excluding hydrogens is 449 g/mol. The van der Waals surface area contributed by atoms with Gasteiger partial charge in [0, 0.05) is 44.3 Å². The molecule has 11 heteroatoms. The highest BCUT2D eigenvalue weighted by atomic mass is 32.2.